The highest BCUT2D eigenvalue weighted by atomic mass is 32.1. The topological polar surface area (TPSA) is 51.2 Å². The number of anilines is 1. The van der Waals surface area contributed by atoms with E-state index >= 15 is 0 Å². The highest BCUT2D eigenvalue weighted by Crippen LogP contribution is 2.29. The van der Waals surface area contributed by atoms with Gasteiger partial charge < -0.3 is 10.1 Å². The second kappa shape index (κ2) is 8.37. The summed E-state index contributed by atoms with van der Waals surface area (Å²) in [6.45, 7) is 4.56. The average molecular weight is 310 g/mol. The third kappa shape index (κ3) is 5.30. The van der Waals surface area contributed by atoms with Crippen LogP contribution in [0, 0.1) is 5.92 Å². The van der Waals surface area contributed by atoms with Crippen molar-refractivity contribution >= 4 is 22.4 Å². The summed E-state index contributed by atoms with van der Waals surface area (Å²) in [6.07, 6.45) is 7.55. The Balaban J connectivity index is 1.78. The van der Waals surface area contributed by atoms with Gasteiger partial charge in [-0.05, 0) is 25.7 Å². The van der Waals surface area contributed by atoms with Crippen molar-refractivity contribution in [2.45, 2.75) is 64.8 Å². The molecule has 0 amide bonds. The second-order valence-electron chi connectivity index (χ2n) is 5.73. The van der Waals surface area contributed by atoms with E-state index in [4.69, 9.17) is 4.74 Å². The smallest absolute Gasteiger partial charge is 0.306 e. The standard InChI is InChI=1S/C16H26N2O2S/c1-3-12-6-5-7-13(10-12)17-16-18-14(11-21-16)8-9-15(19)20-4-2/h11-13H,3-10H2,1-2H3,(H,17,18). The van der Waals surface area contributed by atoms with Crippen molar-refractivity contribution in [3.63, 3.8) is 0 Å². The molecule has 21 heavy (non-hydrogen) atoms. The summed E-state index contributed by atoms with van der Waals surface area (Å²) in [4.78, 5) is 15.9. The first-order valence-electron chi connectivity index (χ1n) is 8.07. The van der Waals surface area contributed by atoms with Gasteiger partial charge in [0.1, 0.15) is 0 Å². The van der Waals surface area contributed by atoms with Crippen LogP contribution in [-0.2, 0) is 16.0 Å². The van der Waals surface area contributed by atoms with Crippen LogP contribution in [0.3, 0.4) is 0 Å². The Hall–Kier alpha value is -1.10. The van der Waals surface area contributed by atoms with Crippen LogP contribution in [0.5, 0.6) is 0 Å². The average Bonchev–Trinajstić information content (AvgIpc) is 2.93. The number of rotatable bonds is 7. The molecule has 0 bridgehead atoms. The molecule has 0 aromatic carbocycles. The fourth-order valence-electron chi connectivity index (χ4n) is 2.92. The molecular weight excluding hydrogens is 284 g/mol. The van der Waals surface area contributed by atoms with Crippen LogP contribution in [0.4, 0.5) is 5.13 Å². The number of thiazole rings is 1. The summed E-state index contributed by atoms with van der Waals surface area (Å²) in [6, 6.07) is 0.563. The third-order valence-corrected chi connectivity index (χ3v) is 4.95. The number of nitrogens with one attached hydrogen (secondary N) is 1. The SMILES string of the molecule is CCOC(=O)CCc1csc(NC2CCCC(CC)C2)n1. The summed E-state index contributed by atoms with van der Waals surface area (Å²) in [5.41, 5.74) is 0.985. The van der Waals surface area contributed by atoms with Crippen molar-refractivity contribution < 1.29 is 9.53 Å². The first kappa shape index (κ1) is 16.3. The Morgan fingerprint density at radius 1 is 1.48 bits per heavy atom. The van der Waals surface area contributed by atoms with Crippen molar-refractivity contribution in [2.24, 2.45) is 5.92 Å². The van der Waals surface area contributed by atoms with E-state index in [1.54, 1.807) is 11.3 Å². The van der Waals surface area contributed by atoms with Gasteiger partial charge >= 0.3 is 5.97 Å². The summed E-state index contributed by atoms with van der Waals surface area (Å²) < 4.78 is 4.94. The lowest BCUT2D eigenvalue weighted by Gasteiger charge is -2.28. The first-order valence-corrected chi connectivity index (χ1v) is 8.95. The Morgan fingerprint density at radius 3 is 3.10 bits per heavy atom. The minimum atomic E-state index is -0.141. The molecule has 0 aliphatic heterocycles. The van der Waals surface area contributed by atoms with Gasteiger partial charge in [-0.2, -0.15) is 0 Å². The number of carbonyl (C=O) groups is 1. The molecule has 0 saturated heterocycles. The molecule has 2 unspecified atom stereocenters. The normalized spacial score (nSPS) is 22.0. The van der Waals surface area contributed by atoms with E-state index in [1.807, 2.05) is 12.3 Å². The maximum absolute atomic E-state index is 11.3. The number of nitrogens with zero attached hydrogens (tertiary/aromatic N) is 1. The van der Waals surface area contributed by atoms with Crippen molar-refractivity contribution in [3.05, 3.63) is 11.1 Å². The maximum Gasteiger partial charge on any atom is 0.306 e. The zero-order valence-electron chi connectivity index (χ0n) is 13.1. The summed E-state index contributed by atoms with van der Waals surface area (Å²) in [7, 11) is 0. The molecule has 1 heterocycles. The van der Waals surface area contributed by atoms with Crippen molar-refractivity contribution in [2.75, 3.05) is 11.9 Å². The van der Waals surface area contributed by atoms with E-state index in [1.165, 1.54) is 32.1 Å². The van der Waals surface area contributed by atoms with Crippen LogP contribution < -0.4 is 5.32 Å². The van der Waals surface area contributed by atoms with Gasteiger partial charge in [-0.1, -0.05) is 26.2 Å². The number of aromatic nitrogens is 1. The van der Waals surface area contributed by atoms with E-state index in [2.05, 4.69) is 17.2 Å². The van der Waals surface area contributed by atoms with Gasteiger partial charge in [-0.25, -0.2) is 4.98 Å². The zero-order chi connectivity index (χ0) is 15.1. The minimum absolute atomic E-state index is 0.141. The molecular formula is C16H26N2O2S. The van der Waals surface area contributed by atoms with Crippen molar-refractivity contribution in [3.8, 4) is 0 Å². The highest BCUT2D eigenvalue weighted by molar-refractivity contribution is 7.13. The molecule has 1 aliphatic rings. The van der Waals surface area contributed by atoms with E-state index in [0.29, 0.717) is 25.5 Å². The van der Waals surface area contributed by atoms with Gasteiger partial charge in [-0.15, -0.1) is 11.3 Å². The lowest BCUT2D eigenvalue weighted by molar-refractivity contribution is -0.143. The van der Waals surface area contributed by atoms with Gasteiger partial charge in [0.15, 0.2) is 5.13 Å². The summed E-state index contributed by atoms with van der Waals surface area (Å²) in [5.74, 6) is 0.720. The first-order chi connectivity index (χ1) is 10.2. The predicted molar refractivity (Wildman–Crippen MR) is 86.7 cm³/mol. The van der Waals surface area contributed by atoms with Crippen LogP contribution in [0.2, 0.25) is 0 Å². The molecule has 1 aromatic heterocycles. The Labute approximate surface area is 131 Å². The molecule has 0 radical (unpaired) electrons. The van der Waals surface area contributed by atoms with Crippen molar-refractivity contribution in [1.82, 2.24) is 4.98 Å². The minimum Gasteiger partial charge on any atom is -0.466 e. The zero-order valence-corrected chi connectivity index (χ0v) is 13.9. The molecule has 2 rings (SSSR count). The fraction of sp³-hybridized carbons (Fsp3) is 0.750. The number of hydrogen-bond donors (Lipinski definition) is 1. The number of esters is 1. The van der Waals surface area contributed by atoms with Crippen LogP contribution in [0.1, 0.15) is 58.1 Å². The van der Waals surface area contributed by atoms with Gasteiger partial charge in [0.25, 0.3) is 0 Å². The van der Waals surface area contributed by atoms with Gasteiger partial charge in [0.05, 0.1) is 18.7 Å². The highest BCUT2D eigenvalue weighted by Gasteiger charge is 2.21. The molecule has 1 fully saturated rings. The largest absolute Gasteiger partial charge is 0.466 e. The fourth-order valence-corrected chi connectivity index (χ4v) is 3.74. The molecule has 5 heteroatoms. The Morgan fingerprint density at radius 2 is 2.33 bits per heavy atom. The summed E-state index contributed by atoms with van der Waals surface area (Å²) >= 11 is 1.64. The number of carbonyl (C=O) groups excluding carboxylic acids is 1. The maximum atomic E-state index is 11.3. The number of ether oxygens (including phenoxy) is 1. The third-order valence-electron chi connectivity index (χ3n) is 4.13. The van der Waals surface area contributed by atoms with Crippen LogP contribution in [-0.4, -0.2) is 23.6 Å². The van der Waals surface area contributed by atoms with Crippen LogP contribution in [0.15, 0.2) is 5.38 Å². The molecule has 118 valence electrons. The lowest BCUT2D eigenvalue weighted by Crippen LogP contribution is -2.27. The monoisotopic (exact) mass is 310 g/mol. The molecule has 1 saturated carbocycles. The predicted octanol–water partition coefficient (Wildman–Crippen LogP) is 4.02. The molecule has 1 aliphatic carbocycles. The Kier molecular flexibility index (Phi) is 6.49. The second-order valence-corrected chi connectivity index (χ2v) is 6.59. The number of aryl methyl sites for hydroxylation is 1. The van der Waals surface area contributed by atoms with Crippen LogP contribution >= 0.6 is 11.3 Å². The van der Waals surface area contributed by atoms with Crippen LogP contribution in [0.25, 0.3) is 0 Å². The number of hydrogen-bond acceptors (Lipinski definition) is 5. The van der Waals surface area contributed by atoms with Gasteiger partial charge in [-0.3, -0.25) is 4.79 Å². The summed E-state index contributed by atoms with van der Waals surface area (Å²) in [5, 5.41) is 6.61. The van der Waals surface area contributed by atoms with Crippen molar-refractivity contribution in [1.29, 1.82) is 0 Å². The van der Waals surface area contributed by atoms with Gasteiger partial charge in [0, 0.05) is 17.8 Å². The van der Waals surface area contributed by atoms with E-state index in [9.17, 15) is 4.79 Å². The molecule has 2 atom stereocenters. The quantitative estimate of drug-likeness (QED) is 0.773. The lowest BCUT2D eigenvalue weighted by atomic mass is 9.84. The molecule has 1 aromatic rings. The van der Waals surface area contributed by atoms with Gasteiger partial charge in [0.2, 0.25) is 0 Å². The van der Waals surface area contributed by atoms with E-state index < -0.39 is 0 Å². The van der Waals surface area contributed by atoms with E-state index in [0.717, 1.165) is 16.7 Å². The molecule has 1 N–H and O–H groups in total. The van der Waals surface area contributed by atoms with E-state index in [-0.39, 0.29) is 5.97 Å². The Bertz CT molecular complexity index is 447. The molecule has 0 spiro atoms. The molecule has 4 nitrogen and oxygen atoms in total.